The fourth-order valence-corrected chi connectivity index (χ4v) is 3.27. The van der Waals surface area contributed by atoms with E-state index in [1.807, 2.05) is 6.07 Å². The van der Waals surface area contributed by atoms with E-state index >= 15 is 0 Å². The fraction of sp³-hybridized carbons (Fsp3) is 0.263. The monoisotopic (exact) mass is 322 g/mol. The molecule has 1 aromatic carbocycles. The summed E-state index contributed by atoms with van der Waals surface area (Å²) in [6.07, 6.45) is 4.20. The highest BCUT2D eigenvalue weighted by Gasteiger charge is 2.24. The van der Waals surface area contributed by atoms with E-state index in [1.54, 1.807) is 24.5 Å². The van der Waals surface area contributed by atoms with Gasteiger partial charge in [0.15, 0.2) is 5.76 Å². The fourth-order valence-electron chi connectivity index (χ4n) is 3.27. The van der Waals surface area contributed by atoms with Gasteiger partial charge in [-0.1, -0.05) is 29.4 Å². The summed E-state index contributed by atoms with van der Waals surface area (Å²) >= 11 is 0. The molecule has 1 atom stereocenters. The second-order valence-electron chi connectivity index (χ2n) is 6.08. The number of rotatable bonds is 5. The van der Waals surface area contributed by atoms with Crippen LogP contribution in [0.3, 0.4) is 0 Å². The highest BCUT2D eigenvalue weighted by molar-refractivity contribution is 5.77. The number of carbonyl (C=O) groups is 1. The molecule has 0 radical (unpaired) electrons. The van der Waals surface area contributed by atoms with Gasteiger partial charge in [0, 0.05) is 12.5 Å². The summed E-state index contributed by atoms with van der Waals surface area (Å²) in [4.78, 5) is 12.2. The molecular weight excluding hydrogens is 304 g/mol. The summed E-state index contributed by atoms with van der Waals surface area (Å²) in [6.45, 7) is 0.359. The minimum atomic E-state index is 0.0410. The number of furan rings is 1. The lowest BCUT2D eigenvalue weighted by atomic mass is 9.97. The lowest BCUT2D eigenvalue weighted by Gasteiger charge is -2.11. The first-order valence-corrected chi connectivity index (χ1v) is 8.13. The van der Waals surface area contributed by atoms with Crippen LogP contribution in [-0.2, 0) is 17.8 Å². The van der Waals surface area contributed by atoms with Crippen molar-refractivity contribution < 1.29 is 13.7 Å². The Morgan fingerprint density at radius 1 is 1.21 bits per heavy atom. The Kier molecular flexibility index (Phi) is 3.91. The summed E-state index contributed by atoms with van der Waals surface area (Å²) in [5, 5.41) is 6.89. The molecule has 1 aliphatic rings. The van der Waals surface area contributed by atoms with Gasteiger partial charge in [-0.15, -0.1) is 0 Å². The third kappa shape index (κ3) is 2.97. The zero-order valence-electron chi connectivity index (χ0n) is 13.2. The summed E-state index contributed by atoms with van der Waals surface area (Å²) in [6, 6.07) is 13.8. The van der Waals surface area contributed by atoms with Gasteiger partial charge in [-0.05, 0) is 42.0 Å². The molecule has 2 aromatic heterocycles. The number of fused-ring (bicyclic) bond motifs is 1. The Bertz CT molecular complexity index is 836. The lowest BCUT2D eigenvalue weighted by Crippen LogP contribution is -2.24. The van der Waals surface area contributed by atoms with Crippen molar-refractivity contribution in [3.8, 4) is 11.5 Å². The maximum absolute atomic E-state index is 12.2. The zero-order chi connectivity index (χ0) is 16.4. The normalized spacial score (nSPS) is 16.1. The predicted octanol–water partition coefficient (Wildman–Crippen LogP) is 3.67. The number of benzene rings is 1. The Morgan fingerprint density at radius 2 is 2.12 bits per heavy atom. The van der Waals surface area contributed by atoms with Crippen molar-refractivity contribution in [2.24, 2.45) is 0 Å². The minimum Gasteiger partial charge on any atom is -0.461 e. The largest absolute Gasteiger partial charge is 0.461 e. The van der Waals surface area contributed by atoms with E-state index in [4.69, 9.17) is 8.94 Å². The lowest BCUT2D eigenvalue weighted by molar-refractivity contribution is -0.121. The average Bonchev–Trinajstić information content (AvgIpc) is 3.34. The molecule has 0 bridgehead atoms. The highest BCUT2D eigenvalue weighted by Crippen LogP contribution is 2.35. The number of nitrogens with one attached hydrogen (secondary N) is 1. The van der Waals surface area contributed by atoms with Crippen molar-refractivity contribution in [3.05, 3.63) is 65.5 Å². The molecule has 0 aliphatic heterocycles. The van der Waals surface area contributed by atoms with E-state index in [2.05, 4.69) is 28.7 Å². The van der Waals surface area contributed by atoms with E-state index in [9.17, 15) is 4.79 Å². The van der Waals surface area contributed by atoms with Crippen LogP contribution in [-0.4, -0.2) is 11.1 Å². The molecule has 0 spiro atoms. The third-order valence-electron chi connectivity index (χ3n) is 4.48. The summed E-state index contributed by atoms with van der Waals surface area (Å²) in [5.41, 5.74) is 3.37. The smallest absolute Gasteiger partial charge is 0.220 e. The topological polar surface area (TPSA) is 68.3 Å². The molecule has 2 heterocycles. The number of hydrogen-bond acceptors (Lipinski definition) is 4. The van der Waals surface area contributed by atoms with Crippen LogP contribution in [0.15, 0.2) is 57.7 Å². The molecule has 0 saturated carbocycles. The van der Waals surface area contributed by atoms with Crippen LogP contribution >= 0.6 is 0 Å². The van der Waals surface area contributed by atoms with Crippen molar-refractivity contribution in [2.45, 2.75) is 31.7 Å². The molecule has 1 unspecified atom stereocenters. The van der Waals surface area contributed by atoms with Gasteiger partial charge in [0.1, 0.15) is 5.69 Å². The SMILES string of the molecule is O=C(CC1CCc2ccccc21)NCc1cc(-c2ccco2)on1. The summed E-state index contributed by atoms with van der Waals surface area (Å²) in [7, 11) is 0. The molecule has 0 fully saturated rings. The first kappa shape index (κ1) is 14.8. The number of aromatic nitrogens is 1. The van der Waals surface area contributed by atoms with Gasteiger partial charge in [0.05, 0.1) is 12.8 Å². The Morgan fingerprint density at radius 3 is 3.00 bits per heavy atom. The molecule has 1 amide bonds. The van der Waals surface area contributed by atoms with E-state index < -0.39 is 0 Å². The Hall–Kier alpha value is -2.82. The van der Waals surface area contributed by atoms with Crippen LogP contribution in [0.25, 0.3) is 11.5 Å². The first-order chi connectivity index (χ1) is 11.8. The van der Waals surface area contributed by atoms with Gasteiger partial charge < -0.3 is 14.3 Å². The molecule has 122 valence electrons. The number of amides is 1. The maximum atomic E-state index is 12.2. The molecular formula is C19H18N2O3. The first-order valence-electron chi connectivity index (χ1n) is 8.13. The van der Waals surface area contributed by atoms with Crippen molar-refractivity contribution in [1.29, 1.82) is 0 Å². The number of carbonyl (C=O) groups excluding carboxylic acids is 1. The Labute approximate surface area is 139 Å². The Balaban J connectivity index is 1.33. The molecule has 24 heavy (non-hydrogen) atoms. The molecule has 3 aromatic rings. The molecule has 5 nitrogen and oxygen atoms in total. The van der Waals surface area contributed by atoms with Crippen LogP contribution < -0.4 is 5.32 Å². The summed E-state index contributed by atoms with van der Waals surface area (Å²) in [5.74, 6) is 1.55. The van der Waals surface area contributed by atoms with E-state index in [-0.39, 0.29) is 5.91 Å². The zero-order valence-corrected chi connectivity index (χ0v) is 13.2. The third-order valence-corrected chi connectivity index (χ3v) is 4.48. The molecule has 0 saturated heterocycles. The molecule has 4 rings (SSSR count). The highest BCUT2D eigenvalue weighted by atomic mass is 16.5. The summed E-state index contributed by atoms with van der Waals surface area (Å²) < 4.78 is 10.5. The van der Waals surface area contributed by atoms with Crippen LogP contribution in [0.1, 0.15) is 35.6 Å². The van der Waals surface area contributed by atoms with Crippen LogP contribution in [0.5, 0.6) is 0 Å². The molecule has 1 aliphatic carbocycles. The van der Waals surface area contributed by atoms with E-state index in [0.717, 1.165) is 12.8 Å². The standard InChI is InChI=1S/C19H18N2O3/c22-19(10-14-8-7-13-4-1-2-5-16(13)14)20-12-15-11-18(24-21-15)17-6-3-9-23-17/h1-6,9,11,14H,7-8,10,12H2,(H,20,22). The molecule has 5 heteroatoms. The maximum Gasteiger partial charge on any atom is 0.220 e. The van der Waals surface area contributed by atoms with Gasteiger partial charge in [-0.2, -0.15) is 0 Å². The van der Waals surface area contributed by atoms with Gasteiger partial charge >= 0.3 is 0 Å². The second kappa shape index (κ2) is 6.35. The van der Waals surface area contributed by atoms with Crippen LogP contribution in [0.4, 0.5) is 0 Å². The van der Waals surface area contributed by atoms with Crippen LogP contribution in [0, 0.1) is 0 Å². The number of hydrogen-bond donors (Lipinski definition) is 1. The van der Waals surface area contributed by atoms with Gasteiger partial charge in [0.2, 0.25) is 11.7 Å². The second-order valence-corrected chi connectivity index (χ2v) is 6.08. The van der Waals surface area contributed by atoms with Crippen molar-refractivity contribution >= 4 is 5.91 Å². The van der Waals surface area contributed by atoms with Crippen molar-refractivity contribution in [2.75, 3.05) is 0 Å². The minimum absolute atomic E-state index is 0.0410. The van der Waals surface area contributed by atoms with Gasteiger partial charge in [0.25, 0.3) is 0 Å². The van der Waals surface area contributed by atoms with E-state index in [1.165, 1.54) is 11.1 Å². The predicted molar refractivity (Wildman–Crippen MR) is 88.2 cm³/mol. The van der Waals surface area contributed by atoms with E-state index in [0.29, 0.717) is 36.1 Å². The number of nitrogens with zero attached hydrogens (tertiary/aromatic N) is 1. The van der Waals surface area contributed by atoms with Gasteiger partial charge in [-0.25, -0.2) is 0 Å². The van der Waals surface area contributed by atoms with Gasteiger partial charge in [-0.3, -0.25) is 4.79 Å². The molecule has 1 N–H and O–H groups in total. The average molecular weight is 322 g/mol. The van der Waals surface area contributed by atoms with Crippen LogP contribution in [0.2, 0.25) is 0 Å². The van der Waals surface area contributed by atoms with Crippen molar-refractivity contribution in [3.63, 3.8) is 0 Å². The van der Waals surface area contributed by atoms with Crippen molar-refractivity contribution in [1.82, 2.24) is 10.5 Å². The quantitative estimate of drug-likeness (QED) is 0.778. The number of aryl methyl sites for hydroxylation is 1.